The molecule has 0 spiro atoms. The lowest BCUT2D eigenvalue weighted by Gasteiger charge is -2.22. The fourth-order valence-corrected chi connectivity index (χ4v) is 5.28. The molecule has 0 fully saturated rings. The summed E-state index contributed by atoms with van der Waals surface area (Å²) in [4.78, 5) is 21.2. The van der Waals surface area contributed by atoms with Gasteiger partial charge in [0.2, 0.25) is 5.91 Å². The molecule has 0 N–H and O–H groups in total. The standard InChI is InChI=1S/C21H24ClN3O3S2/c1-4-15-5-10-18-19(13-15)29-21(23-18)25(12-11-24(2)3)20(26)14-30(27,28)17-8-6-16(22)7-9-17/h5-10,13H,4,11-12,14H2,1-3H3. The zero-order valence-electron chi connectivity index (χ0n) is 17.1. The highest BCUT2D eigenvalue weighted by Gasteiger charge is 2.26. The SMILES string of the molecule is CCc1ccc2nc(N(CCN(C)C)C(=O)CS(=O)(=O)c3ccc(Cl)cc3)sc2c1. The summed E-state index contributed by atoms with van der Waals surface area (Å²) in [5.41, 5.74) is 1.99. The third-order valence-corrected chi connectivity index (χ3v) is 7.55. The van der Waals surface area contributed by atoms with Gasteiger partial charge in [-0.2, -0.15) is 0 Å². The molecule has 3 aromatic rings. The second kappa shape index (κ2) is 9.43. The van der Waals surface area contributed by atoms with Crippen molar-refractivity contribution in [2.24, 2.45) is 0 Å². The maximum atomic E-state index is 13.1. The molecule has 0 aliphatic carbocycles. The van der Waals surface area contributed by atoms with Crippen LogP contribution in [0.3, 0.4) is 0 Å². The van der Waals surface area contributed by atoms with E-state index in [9.17, 15) is 13.2 Å². The van der Waals surface area contributed by atoms with Crippen LogP contribution in [0.5, 0.6) is 0 Å². The molecule has 6 nitrogen and oxygen atoms in total. The number of hydrogen-bond acceptors (Lipinski definition) is 6. The highest BCUT2D eigenvalue weighted by atomic mass is 35.5. The highest BCUT2D eigenvalue weighted by molar-refractivity contribution is 7.92. The number of aryl methyl sites for hydroxylation is 1. The number of anilines is 1. The second-order valence-corrected chi connectivity index (χ2v) is 10.6. The minimum atomic E-state index is -3.80. The van der Waals surface area contributed by atoms with E-state index in [1.807, 2.05) is 31.1 Å². The van der Waals surface area contributed by atoms with E-state index in [1.165, 1.54) is 46.1 Å². The molecule has 0 atom stereocenters. The molecule has 9 heteroatoms. The van der Waals surface area contributed by atoms with E-state index in [0.29, 0.717) is 23.2 Å². The van der Waals surface area contributed by atoms with Crippen molar-refractivity contribution in [3.63, 3.8) is 0 Å². The minimum Gasteiger partial charge on any atom is -0.308 e. The Morgan fingerprint density at radius 3 is 2.43 bits per heavy atom. The number of aromatic nitrogens is 1. The number of carbonyl (C=O) groups is 1. The van der Waals surface area contributed by atoms with E-state index >= 15 is 0 Å². The molecule has 0 aliphatic rings. The molecule has 3 rings (SSSR count). The van der Waals surface area contributed by atoms with Crippen LogP contribution in [-0.2, 0) is 21.1 Å². The molecule has 0 unspecified atom stereocenters. The summed E-state index contributed by atoms with van der Waals surface area (Å²) in [5.74, 6) is -1.13. The number of amides is 1. The van der Waals surface area contributed by atoms with Gasteiger partial charge in [0.05, 0.1) is 15.1 Å². The lowest BCUT2D eigenvalue weighted by molar-refractivity contribution is -0.116. The van der Waals surface area contributed by atoms with Crippen LogP contribution < -0.4 is 4.90 Å². The molecule has 1 heterocycles. The number of halogens is 1. The first-order chi connectivity index (χ1) is 14.2. The Balaban J connectivity index is 1.91. The van der Waals surface area contributed by atoms with Gasteiger partial charge in [0.1, 0.15) is 5.75 Å². The van der Waals surface area contributed by atoms with E-state index in [0.717, 1.165) is 16.6 Å². The minimum absolute atomic E-state index is 0.0738. The molecule has 0 radical (unpaired) electrons. The molecule has 0 saturated heterocycles. The van der Waals surface area contributed by atoms with Crippen LogP contribution in [0.1, 0.15) is 12.5 Å². The summed E-state index contributed by atoms with van der Waals surface area (Å²) >= 11 is 7.25. The van der Waals surface area contributed by atoms with E-state index < -0.39 is 21.5 Å². The van der Waals surface area contributed by atoms with E-state index in [2.05, 4.69) is 18.0 Å². The first-order valence-corrected chi connectivity index (χ1v) is 12.4. The van der Waals surface area contributed by atoms with Crippen LogP contribution in [0.4, 0.5) is 5.13 Å². The molecule has 1 aromatic heterocycles. The molecule has 1 amide bonds. The summed E-state index contributed by atoms with van der Waals surface area (Å²) in [7, 11) is 0.00835. The van der Waals surface area contributed by atoms with Crippen molar-refractivity contribution in [1.82, 2.24) is 9.88 Å². The number of sulfone groups is 1. The number of fused-ring (bicyclic) bond motifs is 1. The molecule has 2 aromatic carbocycles. The summed E-state index contributed by atoms with van der Waals surface area (Å²) in [5, 5.41) is 0.949. The van der Waals surface area contributed by atoms with Gasteiger partial charge in [-0.05, 0) is 62.5 Å². The average Bonchev–Trinajstić information content (AvgIpc) is 3.10. The first kappa shape index (κ1) is 22.7. The molecule has 0 saturated carbocycles. The number of benzene rings is 2. The zero-order chi connectivity index (χ0) is 21.9. The predicted octanol–water partition coefficient (Wildman–Crippen LogP) is 3.88. The van der Waals surface area contributed by atoms with Crippen molar-refractivity contribution in [2.75, 3.05) is 37.8 Å². The Kier molecular flexibility index (Phi) is 7.13. The largest absolute Gasteiger partial charge is 0.308 e. The van der Waals surface area contributed by atoms with Crippen LogP contribution >= 0.6 is 22.9 Å². The van der Waals surface area contributed by atoms with Gasteiger partial charge in [-0.3, -0.25) is 9.69 Å². The van der Waals surface area contributed by atoms with Crippen molar-refractivity contribution < 1.29 is 13.2 Å². The van der Waals surface area contributed by atoms with Crippen LogP contribution in [0, 0.1) is 0 Å². The summed E-state index contributed by atoms with van der Waals surface area (Å²) < 4.78 is 26.5. The number of likely N-dealkylation sites (N-methyl/N-ethyl adjacent to an activating group) is 1. The predicted molar refractivity (Wildman–Crippen MR) is 123 cm³/mol. The van der Waals surface area contributed by atoms with Gasteiger partial charge in [0.15, 0.2) is 15.0 Å². The van der Waals surface area contributed by atoms with E-state index in [4.69, 9.17) is 11.6 Å². The van der Waals surface area contributed by atoms with Crippen molar-refractivity contribution in [3.05, 3.63) is 53.1 Å². The number of thiazole rings is 1. The molecule has 0 bridgehead atoms. The Hall–Kier alpha value is -2.00. The average molecular weight is 466 g/mol. The Labute approximate surface area is 186 Å². The second-order valence-electron chi connectivity index (χ2n) is 7.21. The Morgan fingerprint density at radius 1 is 1.10 bits per heavy atom. The lowest BCUT2D eigenvalue weighted by atomic mass is 10.2. The molecule has 160 valence electrons. The van der Waals surface area contributed by atoms with E-state index in [1.54, 1.807) is 0 Å². The van der Waals surface area contributed by atoms with Crippen molar-refractivity contribution >= 4 is 54.0 Å². The topological polar surface area (TPSA) is 70.6 Å². The fourth-order valence-electron chi connectivity index (χ4n) is 2.88. The Bertz CT molecular complexity index is 1140. The molecule has 0 aliphatic heterocycles. The number of rotatable bonds is 8. The summed E-state index contributed by atoms with van der Waals surface area (Å²) in [6, 6.07) is 11.9. The zero-order valence-corrected chi connectivity index (χ0v) is 19.5. The third-order valence-electron chi connectivity index (χ3n) is 4.64. The van der Waals surface area contributed by atoms with Gasteiger partial charge in [-0.15, -0.1) is 0 Å². The number of carbonyl (C=O) groups excluding carboxylic acids is 1. The number of nitrogens with zero attached hydrogens (tertiary/aromatic N) is 3. The normalized spacial score (nSPS) is 11.9. The quantitative estimate of drug-likeness (QED) is 0.505. The van der Waals surface area contributed by atoms with Gasteiger partial charge in [0.25, 0.3) is 0 Å². The van der Waals surface area contributed by atoms with Gasteiger partial charge in [-0.1, -0.05) is 35.9 Å². The highest BCUT2D eigenvalue weighted by Crippen LogP contribution is 2.30. The maximum absolute atomic E-state index is 13.1. The van der Waals surface area contributed by atoms with Crippen LogP contribution in [0.2, 0.25) is 5.02 Å². The summed E-state index contributed by atoms with van der Waals surface area (Å²) in [6.45, 7) is 3.02. The van der Waals surface area contributed by atoms with Crippen LogP contribution in [-0.4, -0.2) is 57.1 Å². The van der Waals surface area contributed by atoms with Gasteiger partial charge >= 0.3 is 0 Å². The van der Waals surface area contributed by atoms with Crippen molar-refractivity contribution in [2.45, 2.75) is 18.2 Å². The number of hydrogen-bond donors (Lipinski definition) is 0. The molecular weight excluding hydrogens is 442 g/mol. The molecule has 30 heavy (non-hydrogen) atoms. The van der Waals surface area contributed by atoms with Crippen LogP contribution in [0.15, 0.2) is 47.4 Å². The first-order valence-electron chi connectivity index (χ1n) is 9.52. The van der Waals surface area contributed by atoms with Gasteiger partial charge in [0, 0.05) is 18.1 Å². The van der Waals surface area contributed by atoms with Crippen molar-refractivity contribution in [1.29, 1.82) is 0 Å². The van der Waals surface area contributed by atoms with Crippen LogP contribution in [0.25, 0.3) is 10.2 Å². The Morgan fingerprint density at radius 2 is 1.80 bits per heavy atom. The van der Waals surface area contributed by atoms with Gasteiger partial charge in [-0.25, -0.2) is 13.4 Å². The molecular formula is C21H24ClN3O3S2. The monoisotopic (exact) mass is 465 g/mol. The van der Waals surface area contributed by atoms with Gasteiger partial charge < -0.3 is 4.90 Å². The fraction of sp³-hybridized carbons (Fsp3) is 0.333. The maximum Gasteiger partial charge on any atom is 0.244 e. The summed E-state index contributed by atoms with van der Waals surface area (Å²) in [6.07, 6.45) is 0.909. The van der Waals surface area contributed by atoms with Crippen molar-refractivity contribution in [3.8, 4) is 0 Å². The third kappa shape index (κ3) is 5.37. The lowest BCUT2D eigenvalue weighted by Crippen LogP contribution is -2.40. The van der Waals surface area contributed by atoms with E-state index in [-0.39, 0.29) is 4.90 Å². The smallest absolute Gasteiger partial charge is 0.244 e.